The van der Waals surface area contributed by atoms with Crippen molar-refractivity contribution in [1.29, 1.82) is 0 Å². The molecule has 1 aromatic carbocycles. The summed E-state index contributed by atoms with van der Waals surface area (Å²) in [6, 6.07) is 5.31. The van der Waals surface area contributed by atoms with Crippen LogP contribution < -0.4 is 16.0 Å². The standard InChI is InChI=1S/C7H9ClN2O.2ClH/c1-11-7-5(8)3-2-4-6(7)10-9;;/h2-4,10H,9H2,1H3;2*1H. The number of nitrogens with one attached hydrogen (secondary N) is 1. The first-order chi connectivity index (χ1) is 5.29. The van der Waals surface area contributed by atoms with Gasteiger partial charge in [-0.3, -0.25) is 5.84 Å². The number of hydrogen-bond acceptors (Lipinski definition) is 3. The number of para-hydroxylation sites is 1. The molecule has 0 fully saturated rings. The molecule has 0 aromatic heterocycles. The third-order valence-corrected chi connectivity index (χ3v) is 1.62. The molecular weight excluding hydrogens is 234 g/mol. The summed E-state index contributed by atoms with van der Waals surface area (Å²) in [5.74, 6) is 5.77. The minimum Gasteiger partial charge on any atom is -0.493 e. The zero-order valence-electron chi connectivity index (χ0n) is 6.91. The van der Waals surface area contributed by atoms with Gasteiger partial charge in [0.05, 0.1) is 17.8 Å². The van der Waals surface area contributed by atoms with E-state index in [9.17, 15) is 0 Å². The van der Waals surface area contributed by atoms with E-state index >= 15 is 0 Å². The van der Waals surface area contributed by atoms with Crippen molar-refractivity contribution in [2.45, 2.75) is 0 Å². The molecule has 0 saturated heterocycles. The average Bonchev–Trinajstić information content (AvgIpc) is 2.04. The lowest BCUT2D eigenvalue weighted by Crippen LogP contribution is -2.07. The number of nitrogens with two attached hydrogens (primary N) is 1. The lowest BCUT2D eigenvalue weighted by Gasteiger charge is -2.07. The van der Waals surface area contributed by atoms with Crippen LogP contribution in [0.25, 0.3) is 0 Å². The summed E-state index contributed by atoms with van der Waals surface area (Å²) in [5, 5.41) is 0.544. The van der Waals surface area contributed by atoms with E-state index in [1.54, 1.807) is 25.3 Å². The predicted octanol–water partition coefficient (Wildman–Crippen LogP) is 2.48. The normalized spacial score (nSPS) is 7.92. The Labute approximate surface area is 94.4 Å². The highest BCUT2D eigenvalue weighted by atomic mass is 35.5. The number of rotatable bonds is 2. The monoisotopic (exact) mass is 244 g/mol. The lowest BCUT2D eigenvalue weighted by molar-refractivity contribution is 0.416. The molecule has 0 aliphatic carbocycles. The van der Waals surface area contributed by atoms with Crippen molar-refractivity contribution in [2.24, 2.45) is 5.84 Å². The maximum absolute atomic E-state index is 5.79. The van der Waals surface area contributed by atoms with Crippen LogP contribution >= 0.6 is 36.4 Å². The number of hydrogen-bond donors (Lipinski definition) is 2. The molecule has 1 aromatic rings. The van der Waals surface area contributed by atoms with Crippen LogP contribution in [0.3, 0.4) is 0 Å². The Kier molecular flexibility index (Phi) is 8.26. The van der Waals surface area contributed by atoms with E-state index in [2.05, 4.69) is 5.43 Å². The fourth-order valence-corrected chi connectivity index (χ4v) is 1.08. The zero-order chi connectivity index (χ0) is 8.27. The first-order valence-corrected chi connectivity index (χ1v) is 3.46. The van der Waals surface area contributed by atoms with Crippen LogP contribution in [0.1, 0.15) is 0 Å². The fourth-order valence-electron chi connectivity index (χ4n) is 0.830. The second-order valence-electron chi connectivity index (χ2n) is 1.96. The minimum atomic E-state index is 0. The van der Waals surface area contributed by atoms with Crippen molar-refractivity contribution in [2.75, 3.05) is 12.5 Å². The van der Waals surface area contributed by atoms with Crippen LogP contribution in [0.5, 0.6) is 5.75 Å². The number of ether oxygens (including phenoxy) is 1. The Bertz CT molecular complexity index is 257. The van der Waals surface area contributed by atoms with Gasteiger partial charge in [-0.15, -0.1) is 24.8 Å². The molecule has 3 nitrogen and oxygen atoms in total. The van der Waals surface area contributed by atoms with E-state index in [1.807, 2.05) is 0 Å². The molecule has 0 radical (unpaired) electrons. The Hall–Kier alpha value is -0.350. The van der Waals surface area contributed by atoms with Gasteiger partial charge in [-0.1, -0.05) is 17.7 Å². The summed E-state index contributed by atoms with van der Waals surface area (Å²) in [7, 11) is 1.54. The van der Waals surface area contributed by atoms with Crippen LogP contribution in [0, 0.1) is 0 Å². The highest BCUT2D eigenvalue weighted by Gasteiger charge is 2.03. The number of nitrogen functional groups attached to an aromatic ring is 1. The SMILES string of the molecule is COc1c(Cl)cccc1NN.Cl.Cl. The molecule has 76 valence electrons. The number of halogens is 3. The summed E-state index contributed by atoms with van der Waals surface area (Å²) >= 11 is 5.79. The zero-order valence-corrected chi connectivity index (χ0v) is 9.30. The Balaban J connectivity index is 0. The summed E-state index contributed by atoms with van der Waals surface area (Å²) in [6.45, 7) is 0. The van der Waals surface area contributed by atoms with Crippen LogP contribution in [-0.2, 0) is 0 Å². The first kappa shape index (κ1) is 15.1. The third kappa shape index (κ3) is 3.48. The molecule has 0 aliphatic heterocycles. The molecule has 0 bridgehead atoms. The topological polar surface area (TPSA) is 47.3 Å². The molecule has 0 unspecified atom stereocenters. The fraction of sp³-hybridized carbons (Fsp3) is 0.143. The molecule has 0 atom stereocenters. The number of methoxy groups -OCH3 is 1. The van der Waals surface area contributed by atoms with Crippen molar-refractivity contribution < 1.29 is 4.74 Å². The van der Waals surface area contributed by atoms with Crippen molar-refractivity contribution >= 4 is 42.1 Å². The molecule has 3 N–H and O–H groups in total. The Morgan fingerprint density at radius 1 is 1.38 bits per heavy atom. The maximum atomic E-state index is 5.79. The van der Waals surface area contributed by atoms with E-state index < -0.39 is 0 Å². The smallest absolute Gasteiger partial charge is 0.161 e. The van der Waals surface area contributed by atoms with E-state index in [0.29, 0.717) is 16.5 Å². The Morgan fingerprint density at radius 2 is 2.00 bits per heavy atom. The second kappa shape index (κ2) is 7.09. The summed E-state index contributed by atoms with van der Waals surface area (Å²) < 4.78 is 4.99. The summed E-state index contributed by atoms with van der Waals surface area (Å²) in [4.78, 5) is 0. The number of anilines is 1. The first-order valence-electron chi connectivity index (χ1n) is 3.08. The summed E-state index contributed by atoms with van der Waals surface area (Å²) in [6.07, 6.45) is 0. The van der Waals surface area contributed by atoms with Crippen LogP contribution in [-0.4, -0.2) is 7.11 Å². The van der Waals surface area contributed by atoms with Gasteiger partial charge in [0.1, 0.15) is 0 Å². The third-order valence-electron chi connectivity index (χ3n) is 1.33. The van der Waals surface area contributed by atoms with E-state index in [4.69, 9.17) is 22.2 Å². The molecule has 1 rings (SSSR count). The van der Waals surface area contributed by atoms with Crippen molar-refractivity contribution in [3.63, 3.8) is 0 Å². The van der Waals surface area contributed by atoms with Gasteiger partial charge < -0.3 is 10.2 Å². The molecule has 0 aliphatic rings. The molecular formula is C7H11Cl3N2O. The highest BCUT2D eigenvalue weighted by molar-refractivity contribution is 6.32. The van der Waals surface area contributed by atoms with Gasteiger partial charge >= 0.3 is 0 Å². The van der Waals surface area contributed by atoms with Gasteiger partial charge in [0.2, 0.25) is 0 Å². The molecule has 0 spiro atoms. The van der Waals surface area contributed by atoms with Crippen LogP contribution in [0.4, 0.5) is 5.69 Å². The van der Waals surface area contributed by atoms with E-state index in [0.717, 1.165) is 0 Å². The van der Waals surface area contributed by atoms with Gasteiger partial charge in [-0.25, -0.2) is 0 Å². The van der Waals surface area contributed by atoms with Gasteiger partial charge in [-0.05, 0) is 12.1 Å². The number of hydrazine groups is 1. The van der Waals surface area contributed by atoms with Gasteiger partial charge in [0.25, 0.3) is 0 Å². The molecule has 0 amide bonds. The van der Waals surface area contributed by atoms with Gasteiger partial charge in [0.15, 0.2) is 5.75 Å². The van der Waals surface area contributed by atoms with Gasteiger partial charge in [0, 0.05) is 0 Å². The Morgan fingerprint density at radius 3 is 2.38 bits per heavy atom. The number of benzene rings is 1. The average molecular weight is 246 g/mol. The lowest BCUT2D eigenvalue weighted by atomic mass is 10.3. The molecule has 6 heteroatoms. The van der Waals surface area contributed by atoms with Crippen LogP contribution in [0.15, 0.2) is 18.2 Å². The van der Waals surface area contributed by atoms with Crippen molar-refractivity contribution in [3.8, 4) is 5.75 Å². The van der Waals surface area contributed by atoms with Crippen molar-refractivity contribution in [3.05, 3.63) is 23.2 Å². The molecule has 0 heterocycles. The predicted molar refractivity (Wildman–Crippen MR) is 60.3 cm³/mol. The van der Waals surface area contributed by atoms with Crippen LogP contribution in [0.2, 0.25) is 5.02 Å². The largest absolute Gasteiger partial charge is 0.493 e. The van der Waals surface area contributed by atoms with Gasteiger partial charge in [-0.2, -0.15) is 0 Å². The molecule has 0 saturated carbocycles. The second-order valence-corrected chi connectivity index (χ2v) is 2.37. The summed E-state index contributed by atoms with van der Waals surface area (Å²) in [5.41, 5.74) is 3.16. The quantitative estimate of drug-likeness (QED) is 0.622. The minimum absolute atomic E-state index is 0. The molecule has 13 heavy (non-hydrogen) atoms. The highest BCUT2D eigenvalue weighted by Crippen LogP contribution is 2.31. The van der Waals surface area contributed by atoms with E-state index in [1.165, 1.54) is 0 Å². The van der Waals surface area contributed by atoms with Crippen molar-refractivity contribution in [1.82, 2.24) is 0 Å². The maximum Gasteiger partial charge on any atom is 0.161 e. The van der Waals surface area contributed by atoms with E-state index in [-0.39, 0.29) is 24.8 Å².